The van der Waals surface area contributed by atoms with Gasteiger partial charge in [0.15, 0.2) is 5.65 Å². The van der Waals surface area contributed by atoms with Crippen LogP contribution in [0, 0.1) is 0 Å². The van der Waals surface area contributed by atoms with E-state index in [-0.39, 0.29) is 17.5 Å². The fraction of sp³-hybridized carbons (Fsp3) is 0.500. The van der Waals surface area contributed by atoms with E-state index in [1.165, 1.54) is 0 Å². The molecular formula is C14H20N4O. The summed E-state index contributed by atoms with van der Waals surface area (Å²) in [6.07, 6.45) is 3.35. The third kappa shape index (κ3) is 2.92. The number of hydrogen-bond acceptors (Lipinski definition) is 3. The van der Waals surface area contributed by atoms with Crippen LogP contribution in [0.2, 0.25) is 0 Å². The number of hydrogen-bond donors (Lipinski definition) is 1. The Bertz CT molecular complexity index is 607. The van der Waals surface area contributed by atoms with Crippen molar-refractivity contribution in [2.24, 2.45) is 0 Å². The average molecular weight is 260 g/mol. The monoisotopic (exact) mass is 260 g/mol. The number of nitrogens with one attached hydrogen (secondary N) is 1. The first-order valence-electron chi connectivity index (χ1n) is 6.44. The van der Waals surface area contributed by atoms with Crippen LogP contribution in [0.3, 0.4) is 0 Å². The molecule has 19 heavy (non-hydrogen) atoms. The molecule has 0 spiro atoms. The predicted molar refractivity (Wildman–Crippen MR) is 75.1 cm³/mol. The SMILES string of the molecule is CC(C)n1ncc2cc(C(=O)NC(C)(C)C)cnc21. The number of amides is 1. The zero-order valence-electron chi connectivity index (χ0n) is 12.1. The zero-order valence-corrected chi connectivity index (χ0v) is 12.1. The summed E-state index contributed by atoms with van der Waals surface area (Å²) in [5, 5.41) is 8.10. The van der Waals surface area contributed by atoms with E-state index in [4.69, 9.17) is 0 Å². The first kappa shape index (κ1) is 13.5. The van der Waals surface area contributed by atoms with E-state index >= 15 is 0 Å². The molecule has 2 aromatic rings. The van der Waals surface area contributed by atoms with Crippen LogP contribution in [0.15, 0.2) is 18.5 Å². The first-order valence-corrected chi connectivity index (χ1v) is 6.44. The maximum absolute atomic E-state index is 12.1. The number of carbonyl (C=O) groups is 1. The molecule has 5 nitrogen and oxygen atoms in total. The first-order chi connectivity index (χ1) is 8.78. The Labute approximate surface area is 113 Å². The van der Waals surface area contributed by atoms with Crippen molar-refractivity contribution in [2.45, 2.75) is 46.2 Å². The molecule has 0 radical (unpaired) electrons. The fourth-order valence-corrected chi connectivity index (χ4v) is 1.85. The van der Waals surface area contributed by atoms with Crippen LogP contribution < -0.4 is 5.32 Å². The lowest BCUT2D eigenvalue weighted by atomic mass is 10.1. The van der Waals surface area contributed by atoms with E-state index in [0.717, 1.165) is 11.0 Å². The molecule has 0 aromatic carbocycles. The second-order valence-electron chi connectivity index (χ2n) is 6.02. The quantitative estimate of drug-likeness (QED) is 0.902. The van der Waals surface area contributed by atoms with Gasteiger partial charge >= 0.3 is 0 Å². The molecule has 0 aliphatic heterocycles. The number of pyridine rings is 1. The van der Waals surface area contributed by atoms with E-state index in [2.05, 4.69) is 15.4 Å². The molecular weight excluding hydrogens is 240 g/mol. The molecule has 0 saturated carbocycles. The van der Waals surface area contributed by atoms with Crippen molar-refractivity contribution in [1.29, 1.82) is 0 Å². The second kappa shape index (κ2) is 4.64. The highest BCUT2D eigenvalue weighted by Gasteiger charge is 2.17. The van der Waals surface area contributed by atoms with Crippen LogP contribution in [0.25, 0.3) is 11.0 Å². The van der Waals surface area contributed by atoms with Gasteiger partial charge in [-0.05, 0) is 40.7 Å². The van der Waals surface area contributed by atoms with Gasteiger partial charge in [0.2, 0.25) is 0 Å². The fourth-order valence-electron chi connectivity index (χ4n) is 1.85. The average Bonchev–Trinajstić information content (AvgIpc) is 2.68. The summed E-state index contributed by atoms with van der Waals surface area (Å²) in [4.78, 5) is 16.4. The number of carbonyl (C=O) groups excluding carboxylic acids is 1. The van der Waals surface area contributed by atoms with Gasteiger partial charge in [-0.2, -0.15) is 5.10 Å². The molecule has 0 aliphatic rings. The van der Waals surface area contributed by atoms with Crippen LogP contribution >= 0.6 is 0 Å². The Morgan fingerprint density at radius 2 is 2.00 bits per heavy atom. The van der Waals surface area contributed by atoms with Gasteiger partial charge in [0, 0.05) is 23.2 Å². The van der Waals surface area contributed by atoms with E-state index in [1.54, 1.807) is 12.4 Å². The normalized spacial score (nSPS) is 12.1. The van der Waals surface area contributed by atoms with Crippen molar-refractivity contribution in [3.63, 3.8) is 0 Å². The van der Waals surface area contributed by atoms with E-state index in [1.807, 2.05) is 45.4 Å². The Morgan fingerprint density at radius 1 is 1.32 bits per heavy atom. The van der Waals surface area contributed by atoms with Crippen LogP contribution in [-0.4, -0.2) is 26.2 Å². The van der Waals surface area contributed by atoms with Crippen molar-refractivity contribution in [3.8, 4) is 0 Å². The Kier molecular flexibility index (Phi) is 3.30. The second-order valence-corrected chi connectivity index (χ2v) is 6.02. The largest absolute Gasteiger partial charge is 0.347 e. The number of aromatic nitrogens is 3. The van der Waals surface area contributed by atoms with Crippen molar-refractivity contribution in [1.82, 2.24) is 20.1 Å². The summed E-state index contributed by atoms with van der Waals surface area (Å²) in [6, 6.07) is 2.08. The van der Waals surface area contributed by atoms with Crippen LogP contribution in [0.5, 0.6) is 0 Å². The lowest BCUT2D eigenvalue weighted by Gasteiger charge is -2.20. The van der Waals surface area contributed by atoms with Crippen molar-refractivity contribution in [2.75, 3.05) is 0 Å². The van der Waals surface area contributed by atoms with Crippen LogP contribution in [-0.2, 0) is 0 Å². The van der Waals surface area contributed by atoms with Crippen LogP contribution in [0.1, 0.15) is 51.0 Å². The highest BCUT2D eigenvalue weighted by molar-refractivity contribution is 5.97. The number of rotatable bonds is 2. The summed E-state index contributed by atoms with van der Waals surface area (Å²) in [7, 11) is 0. The minimum atomic E-state index is -0.256. The molecule has 0 saturated heterocycles. The molecule has 2 heterocycles. The summed E-state index contributed by atoms with van der Waals surface area (Å²) >= 11 is 0. The number of fused-ring (bicyclic) bond motifs is 1. The lowest BCUT2D eigenvalue weighted by Crippen LogP contribution is -2.40. The highest BCUT2D eigenvalue weighted by Crippen LogP contribution is 2.17. The smallest absolute Gasteiger partial charge is 0.253 e. The molecule has 0 unspecified atom stereocenters. The van der Waals surface area contributed by atoms with E-state index < -0.39 is 0 Å². The minimum Gasteiger partial charge on any atom is -0.347 e. The zero-order chi connectivity index (χ0) is 14.2. The Balaban J connectivity index is 2.35. The van der Waals surface area contributed by atoms with Gasteiger partial charge in [0.05, 0.1) is 11.8 Å². The van der Waals surface area contributed by atoms with Crippen molar-refractivity contribution >= 4 is 16.9 Å². The third-order valence-electron chi connectivity index (χ3n) is 2.67. The molecule has 0 atom stereocenters. The van der Waals surface area contributed by atoms with E-state index in [0.29, 0.717) is 5.56 Å². The van der Waals surface area contributed by atoms with Gasteiger partial charge in [0.1, 0.15) is 0 Å². The van der Waals surface area contributed by atoms with E-state index in [9.17, 15) is 4.79 Å². The summed E-state index contributed by atoms with van der Waals surface area (Å²) < 4.78 is 1.85. The predicted octanol–water partition coefficient (Wildman–Crippen LogP) is 2.54. The molecule has 0 fully saturated rings. The molecule has 102 valence electrons. The molecule has 2 rings (SSSR count). The summed E-state index contributed by atoms with van der Waals surface area (Å²) in [5.74, 6) is -0.112. The molecule has 0 aliphatic carbocycles. The van der Waals surface area contributed by atoms with Gasteiger partial charge in [-0.3, -0.25) is 4.79 Å². The summed E-state index contributed by atoms with van der Waals surface area (Å²) in [5.41, 5.74) is 1.11. The van der Waals surface area contributed by atoms with Crippen LogP contribution in [0.4, 0.5) is 0 Å². The maximum Gasteiger partial charge on any atom is 0.253 e. The number of nitrogens with zero attached hydrogens (tertiary/aromatic N) is 3. The van der Waals surface area contributed by atoms with Crippen molar-refractivity contribution < 1.29 is 4.79 Å². The summed E-state index contributed by atoms with van der Waals surface area (Å²) in [6.45, 7) is 9.96. The molecule has 0 bridgehead atoms. The van der Waals surface area contributed by atoms with Gasteiger partial charge < -0.3 is 5.32 Å². The lowest BCUT2D eigenvalue weighted by molar-refractivity contribution is 0.0919. The standard InChI is InChI=1S/C14H20N4O/c1-9(2)18-12-10(8-16-18)6-11(7-15-12)13(19)17-14(3,4)5/h6-9H,1-5H3,(H,17,19). The van der Waals surface area contributed by atoms with Gasteiger partial charge in [0.25, 0.3) is 5.91 Å². The van der Waals surface area contributed by atoms with Gasteiger partial charge in [-0.15, -0.1) is 0 Å². The van der Waals surface area contributed by atoms with Crippen molar-refractivity contribution in [3.05, 3.63) is 24.0 Å². The topological polar surface area (TPSA) is 59.8 Å². The minimum absolute atomic E-state index is 0.112. The third-order valence-corrected chi connectivity index (χ3v) is 2.67. The Hall–Kier alpha value is -1.91. The highest BCUT2D eigenvalue weighted by atomic mass is 16.1. The maximum atomic E-state index is 12.1. The van der Waals surface area contributed by atoms with Gasteiger partial charge in [-0.1, -0.05) is 0 Å². The van der Waals surface area contributed by atoms with Gasteiger partial charge in [-0.25, -0.2) is 9.67 Å². The molecule has 2 aromatic heterocycles. The molecule has 1 N–H and O–H groups in total. The molecule has 5 heteroatoms. The Morgan fingerprint density at radius 3 is 2.58 bits per heavy atom. The molecule has 1 amide bonds.